The molecule has 0 aliphatic heterocycles. The van der Waals surface area contributed by atoms with E-state index in [1.165, 1.54) is 6.92 Å². The molecule has 0 bridgehead atoms. The van der Waals surface area contributed by atoms with Crippen LogP contribution in [0.4, 0.5) is 0 Å². The molecule has 5 nitrogen and oxygen atoms in total. The summed E-state index contributed by atoms with van der Waals surface area (Å²) < 4.78 is 25.3. The third kappa shape index (κ3) is 8.40. The minimum atomic E-state index is -3.42. The normalized spacial score (nSPS) is 13.7. The topological polar surface area (TPSA) is 75.3 Å². The highest BCUT2D eigenvalue weighted by atomic mass is 35.5. The number of hydrogen-bond donors (Lipinski definition) is 2. The van der Waals surface area contributed by atoms with Crippen LogP contribution in [0.5, 0.6) is 0 Å². The Morgan fingerprint density at radius 2 is 1.88 bits per heavy atom. The minimum Gasteiger partial charge on any atom is -0.354 e. The van der Waals surface area contributed by atoms with Crippen LogP contribution >= 0.6 is 11.6 Å². The highest BCUT2D eigenvalue weighted by molar-refractivity contribution is 7.89. The molecule has 0 spiro atoms. The molecule has 0 radical (unpaired) electrons. The number of halogens is 1. The van der Waals surface area contributed by atoms with E-state index >= 15 is 0 Å². The lowest BCUT2D eigenvalue weighted by Gasteiger charge is -2.15. The Morgan fingerprint density at radius 3 is 2.35 bits per heavy atom. The Bertz CT molecular complexity index is 330. The van der Waals surface area contributed by atoms with Crippen molar-refractivity contribution in [3.63, 3.8) is 0 Å². The zero-order valence-electron chi connectivity index (χ0n) is 10.5. The highest BCUT2D eigenvalue weighted by Crippen LogP contribution is 1.95. The van der Waals surface area contributed by atoms with Crippen molar-refractivity contribution < 1.29 is 13.2 Å². The number of sulfonamides is 1. The van der Waals surface area contributed by atoms with Crippen LogP contribution in [-0.2, 0) is 14.8 Å². The molecule has 0 aromatic heterocycles. The lowest BCUT2D eigenvalue weighted by Crippen LogP contribution is -2.46. The van der Waals surface area contributed by atoms with Crippen LogP contribution in [0.3, 0.4) is 0 Å². The fourth-order valence-electron chi connectivity index (χ4n) is 1.08. The monoisotopic (exact) mass is 284 g/mol. The molecule has 0 fully saturated rings. The maximum Gasteiger partial charge on any atom is 0.237 e. The van der Waals surface area contributed by atoms with Crippen molar-refractivity contribution in [1.29, 1.82) is 0 Å². The highest BCUT2D eigenvalue weighted by Gasteiger charge is 2.19. The first kappa shape index (κ1) is 16.7. The summed E-state index contributed by atoms with van der Waals surface area (Å²) in [6.45, 7) is 5.99. The van der Waals surface area contributed by atoms with E-state index in [-0.39, 0.29) is 17.5 Å². The molecule has 7 heteroatoms. The van der Waals surface area contributed by atoms with Crippen molar-refractivity contribution in [1.82, 2.24) is 10.0 Å². The molecular formula is C10H21ClN2O3S. The van der Waals surface area contributed by atoms with Crippen LogP contribution in [0.15, 0.2) is 0 Å². The lowest BCUT2D eigenvalue weighted by molar-refractivity contribution is -0.122. The van der Waals surface area contributed by atoms with Crippen molar-refractivity contribution in [2.45, 2.75) is 33.2 Å². The van der Waals surface area contributed by atoms with Crippen LogP contribution in [0.25, 0.3) is 0 Å². The molecule has 1 unspecified atom stereocenters. The van der Waals surface area contributed by atoms with Gasteiger partial charge in [-0.05, 0) is 19.3 Å². The molecule has 0 saturated carbocycles. The van der Waals surface area contributed by atoms with E-state index < -0.39 is 16.1 Å². The van der Waals surface area contributed by atoms with Crippen LogP contribution in [-0.4, -0.2) is 38.5 Å². The molecule has 17 heavy (non-hydrogen) atoms. The summed E-state index contributed by atoms with van der Waals surface area (Å²) in [5, 5.41) is 2.67. The molecule has 0 aliphatic carbocycles. The van der Waals surface area contributed by atoms with Gasteiger partial charge in [0.1, 0.15) is 0 Å². The molecule has 0 aliphatic rings. The number of amides is 1. The van der Waals surface area contributed by atoms with Gasteiger partial charge in [0.2, 0.25) is 15.9 Å². The maximum absolute atomic E-state index is 11.5. The summed E-state index contributed by atoms with van der Waals surface area (Å²) in [5.74, 6) is 0.250. The zero-order valence-corrected chi connectivity index (χ0v) is 12.1. The van der Waals surface area contributed by atoms with E-state index in [1.54, 1.807) is 0 Å². The summed E-state index contributed by atoms with van der Waals surface area (Å²) in [6, 6.07) is -0.755. The standard InChI is InChI=1S/C10H21ClN2O3S/c1-8(2)7-12-10(14)9(3)13-17(15,16)6-4-5-11/h8-9,13H,4-7H2,1-3H3,(H,12,14). The van der Waals surface area contributed by atoms with Crippen molar-refractivity contribution in [3.05, 3.63) is 0 Å². The average Bonchev–Trinajstić information content (AvgIpc) is 2.22. The van der Waals surface area contributed by atoms with Gasteiger partial charge in [-0.1, -0.05) is 13.8 Å². The summed E-state index contributed by atoms with van der Waals surface area (Å²) in [5.41, 5.74) is 0. The molecule has 0 aromatic rings. The van der Waals surface area contributed by atoms with E-state index in [1.807, 2.05) is 13.8 Å². The first-order valence-corrected chi connectivity index (χ1v) is 7.81. The summed E-state index contributed by atoms with van der Waals surface area (Å²) in [4.78, 5) is 11.5. The van der Waals surface area contributed by atoms with Gasteiger partial charge >= 0.3 is 0 Å². The second kappa shape index (κ2) is 7.89. The maximum atomic E-state index is 11.5. The van der Waals surface area contributed by atoms with E-state index in [9.17, 15) is 13.2 Å². The van der Waals surface area contributed by atoms with Crippen molar-refractivity contribution >= 4 is 27.5 Å². The van der Waals surface area contributed by atoms with E-state index in [0.29, 0.717) is 18.9 Å². The van der Waals surface area contributed by atoms with Gasteiger partial charge in [-0.2, -0.15) is 0 Å². The molecule has 0 rings (SSSR count). The van der Waals surface area contributed by atoms with Crippen molar-refractivity contribution in [2.75, 3.05) is 18.2 Å². The van der Waals surface area contributed by atoms with Gasteiger partial charge in [0.25, 0.3) is 0 Å². The predicted molar refractivity (Wildman–Crippen MR) is 69.6 cm³/mol. The zero-order chi connectivity index (χ0) is 13.5. The molecule has 102 valence electrons. The molecular weight excluding hydrogens is 264 g/mol. The Morgan fingerprint density at radius 1 is 1.29 bits per heavy atom. The van der Waals surface area contributed by atoms with Gasteiger partial charge in [0.05, 0.1) is 11.8 Å². The smallest absolute Gasteiger partial charge is 0.237 e. The minimum absolute atomic E-state index is 0.0572. The largest absolute Gasteiger partial charge is 0.354 e. The number of carbonyl (C=O) groups is 1. The van der Waals surface area contributed by atoms with Gasteiger partial charge < -0.3 is 5.32 Å². The van der Waals surface area contributed by atoms with E-state index in [0.717, 1.165) is 0 Å². The lowest BCUT2D eigenvalue weighted by atomic mass is 10.2. The first-order chi connectivity index (χ1) is 7.78. The van der Waals surface area contributed by atoms with Gasteiger partial charge in [0, 0.05) is 12.4 Å². The van der Waals surface area contributed by atoms with Gasteiger partial charge in [0.15, 0.2) is 0 Å². The van der Waals surface area contributed by atoms with Crippen LogP contribution < -0.4 is 10.0 Å². The van der Waals surface area contributed by atoms with Crippen LogP contribution in [0.2, 0.25) is 0 Å². The molecule has 2 N–H and O–H groups in total. The average molecular weight is 285 g/mol. The van der Waals surface area contributed by atoms with E-state index in [4.69, 9.17) is 11.6 Å². The van der Waals surface area contributed by atoms with Gasteiger partial charge in [-0.3, -0.25) is 4.79 Å². The number of nitrogens with one attached hydrogen (secondary N) is 2. The number of alkyl halides is 1. The molecule has 1 atom stereocenters. The number of hydrogen-bond acceptors (Lipinski definition) is 3. The first-order valence-electron chi connectivity index (χ1n) is 5.62. The number of carbonyl (C=O) groups excluding carboxylic acids is 1. The van der Waals surface area contributed by atoms with Crippen molar-refractivity contribution in [3.8, 4) is 0 Å². The Kier molecular flexibility index (Phi) is 7.74. The fraction of sp³-hybridized carbons (Fsp3) is 0.900. The molecule has 0 heterocycles. The van der Waals surface area contributed by atoms with E-state index in [2.05, 4.69) is 10.0 Å². The SMILES string of the molecule is CC(C)CNC(=O)C(C)NS(=O)(=O)CCCCl. The third-order valence-corrected chi connectivity index (χ3v) is 3.79. The molecule has 0 saturated heterocycles. The Hall–Kier alpha value is -0.330. The second-order valence-electron chi connectivity index (χ2n) is 4.34. The van der Waals surface area contributed by atoms with Gasteiger partial charge in [-0.15, -0.1) is 11.6 Å². The third-order valence-electron chi connectivity index (χ3n) is 1.98. The fourth-order valence-corrected chi connectivity index (χ4v) is 2.66. The Balaban J connectivity index is 4.15. The Labute approximate surface area is 108 Å². The molecule has 0 aromatic carbocycles. The second-order valence-corrected chi connectivity index (χ2v) is 6.59. The van der Waals surface area contributed by atoms with Crippen LogP contribution in [0, 0.1) is 5.92 Å². The number of rotatable bonds is 8. The summed E-state index contributed by atoms with van der Waals surface area (Å²) >= 11 is 5.42. The quantitative estimate of drug-likeness (QED) is 0.644. The predicted octanol–water partition coefficient (Wildman–Crippen LogP) is 0.695. The van der Waals surface area contributed by atoms with Gasteiger partial charge in [-0.25, -0.2) is 13.1 Å². The van der Waals surface area contributed by atoms with Crippen LogP contribution in [0.1, 0.15) is 27.2 Å². The van der Waals surface area contributed by atoms with Crippen molar-refractivity contribution in [2.24, 2.45) is 5.92 Å². The summed E-state index contributed by atoms with van der Waals surface area (Å²) in [6.07, 6.45) is 0.372. The summed E-state index contributed by atoms with van der Waals surface area (Å²) in [7, 11) is -3.42. The molecule has 1 amide bonds.